The number of rotatable bonds is 2. The maximum absolute atomic E-state index is 12.8. The minimum atomic E-state index is -0.919. The average molecular weight is 294 g/mol. The van der Waals surface area contributed by atoms with Crippen molar-refractivity contribution in [2.75, 3.05) is 26.2 Å². The van der Waals surface area contributed by atoms with Crippen molar-refractivity contribution < 1.29 is 9.59 Å². The SMILES string of the molecule is CC1CCN(C(=O)C(C)(C)C(=O)N2CCCC(C)C2)CC1. The Morgan fingerprint density at radius 2 is 1.43 bits per heavy atom. The molecule has 0 aromatic carbocycles. The Labute approximate surface area is 128 Å². The van der Waals surface area contributed by atoms with Crippen molar-refractivity contribution in [3.63, 3.8) is 0 Å². The molecule has 120 valence electrons. The van der Waals surface area contributed by atoms with Gasteiger partial charge in [0.1, 0.15) is 5.41 Å². The van der Waals surface area contributed by atoms with Crippen LogP contribution in [0.1, 0.15) is 53.4 Å². The minimum Gasteiger partial charge on any atom is -0.342 e. The maximum Gasteiger partial charge on any atom is 0.237 e. The molecule has 0 N–H and O–H groups in total. The number of nitrogens with zero attached hydrogens (tertiary/aromatic N) is 2. The van der Waals surface area contributed by atoms with E-state index in [0.717, 1.165) is 45.4 Å². The number of hydrogen-bond donors (Lipinski definition) is 0. The molecule has 1 atom stereocenters. The molecule has 2 rings (SSSR count). The number of likely N-dealkylation sites (tertiary alicyclic amines) is 2. The number of carbonyl (C=O) groups excluding carboxylic acids is 2. The van der Waals surface area contributed by atoms with E-state index in [2.05, 4.69) is 13.8 Å². The van der Waals surface area contributed by atoms with Crippen molar-refractivity contribution in [3.8, 4) is 0 Å². The molecule has 2 fully saturated rings. The highest BCUT2D eigenvalue weighted by molar-refractivity contribution is 6.04. The van der Waals surface area contributed by atoms with Gasteiger partial charge in [0.15, 0.2) is 0 Å². The first kappa shape index (κ1) is 16.3. The van der Waals surface area contributed by atoms with E-state index in [1.54, 1.807) is 13.8 Å². The van der Waals surface area contributed by atoms with Crippen molar-refractivity contribution >= 4 is 11.8 Å². The third kappa shape index (κ3) is 3.58. The van der Waals surface area contributed by atoms with Gasteiger partial charge in [0, 0.05) is 26.2 Å². The van der Waals surface area contributed by atoms with Gasteiger partial charge in [-0.05, 0) is 51.4 Å². The minimum absolute atomic E-state index is 0.0117. The second kappa shape index (κ2) is 6.37. The summed E-state index contributed by atoms with van der Waals surface area (Å²) in [6.07, 6.45) is 4.34. The zero-order valence-corrected chi connectivity index (χ0v) is 14.0. The lowest BCUT2D eigenvalue weighted by Crippen LogP contribution is -2.54. The van der Waals surface area contributed by atoms with E-state index in [4.69, 9.17) is 0 Å². The van der Waals surface area contributed by atoms with Crippen LogP contribution in [0.3, 0.4) is 0 Å². The van der Waals surface area contributed by atoms with Gasteiger partial charge >= 0.3 is 0 Å². The summed E-state index contributed by atoms with van der Waals surface area (Å²) in [5.41, 5.74) is -0.919. The predicted molar refractivity (Wildman–Crippen MR) is 83.7 cm³/mol. The van der Waals surface area contributed by atoms with Crippen LogP contribution in [0.2, 0.25) is 0 Å². The molecule has 2 amide bonds. The van der Waals surface area contributed by atoms with Gasteiger partial charge in [-0.1, -0.05) is 13.8 Å². The Bertz CT molecular complexity index is 398. The quantitative estimate of drug-likeness (QED) is 0.734. The summed E-state index contributed by atoms with van der Waals surface area (Å²) in [4.78, 5) is 29.4. The lowest BCUT2D eigenvalue weighted by Gasteiger charge is -2.39. The van der Waals surface area contributed by atoms with Crippen LogP contribution in [-0.4, -0.2) is 47.8 Å². The van der Waals surface area contributed by atoms with Gasteiger partial charge in [0.05, 0.1) is 0 Å². The first-order valence-corrected chi connectivity index (χ1v) is 8.41. The Morgan fingerprint density at radius 3 is 2.00 bits per heavy atom. The van der Waals surface area contributed by atoms with Gasteiger partial charge in [-0.25, -0.2) is 0 Å². The molecule has 4 heteroatoms. The summed E-state index contributed by atoms with van der Waals surface area (Å²) in [6.45, 7) is 11.2. The standard InChI is InChI=1S/C17H30N2O2/c1-13-7-10-18(11-8-13)15(20)17(3,4)16(21)19-9-5-6-14(2)12-19/h13-14H,5-12H2,1-4H3. The molecule has 0 aliphatic carbocycles. The van der Waals surface area contributed by atoms with Crippen LogP contribution in [0.25, 0.3) is 0 Å². The number of amides is 2. The van der Waals surface area contributed by atoms with E-state index in [1.165, 1.54) is 6.42 Å². The molecular formula is C17H30N2O2. The van der Waals surface area contributed by atoms with E-state index in [9.17, 15) is 9.59 Å². The summed E-state index contributed by atoms with van der Waals surface area (Å²) in [5.74, 6) is 1.26. The Morgan fingerprint density at radius 1 is 0.857 bits per heavy atom. The largest absolute Gasteiger partial charge is 0.342 e. The van der Waals surface area contributed by atoms with Crippen LogP contribution < -0.4 is 0 Å². The summed E-state index contributed by atoms with van der Waals surface area (Å²) >= 11 is 0. The smallest absolute Gasteiger partial charge is 0.237 e. The van der Waals surface area contributed by atoms with Crippen molar-refractivity contribution in [1.82, 2.24) is 9.80 Å². The second-order valence-corrected chi connectivity index (χ2v) is 7.60. The van der Waals surface area contributed by atoms with E-state index in [1.807, 2.05) is 9.80 Å². The highest BCUT2D eigenvalue weighted by Gasteiger charge is 2.42. The summed E-state index contributed by atoms with van der Waals surface area (Å²) in [6, 6.07) is 0. The molecule has 0 aromatic rings. The molecule has 0 aromatic heterocycles. The highest BCUT2D eigenvalue weighted by atomic mass is 16.2. The lowest BCUT2D eigenvalue weighted by atomic mass is 9.86. The zero-order chi connectivity index (χ0) is 15.6. The van der Waals surface area contributed by atoms with E-state index in [-0.39, 0.29) is 11.8 Å². The molecule has 0 bridgehead atoms. The Balaban J connectivity index is 2.02. The van der Waals surface area contributed by atoms with Crippen molar-refractivity contribution in [2.24, 2.45) is 17.3 Å². The Kier molecular flexibility index (Phi) is 4.95. The van der Waals surface area contributed by atoms with Gasteiger partial charge < -0.3 is 9.80 Å². The molecule has 2 saturated heterocycles. The van der Waals surface area contributed by atoms with E-state index < -0.39 is 5.41 Å². The van der Waals surface area contributed by atoms with Crippen molar-refractivity contribution in [2.45, 2.75) is 53.4 Å². The fraction of sp³-hybridized carbons (Fsp3) is 0.882. The first-order valence-electron chi connectivity index (χ1n) is 8.41. The predicted octanol–water partition coefficient (Wildman–Crippen LogP) is 2.53. The zero-order valence-electron chi connectivity index (χ0n) is 14.0. The first-order chi connectivity index (χ1) is 9.82. The normalized spacial score (nSPS) is 25.0. The fourth-order valence-electron chi connectivity index (χ4n) is 3.47. The van der Waals surface area contributed by atoms with Crippen LogP contribution in [0.15, 0.2) is 0 Å². The molecule has 0 radical (unpaired) electrons. The molecular weight excluding hydrogens is 264 g/mol. The topological polar surface area (TPSA) is 40.6 Å². The van der Waals surface area contributed by atoms with Gasteiger partial charge in [0.25, 0.3) is 0 Å². The van der Waals surface area contributed by atoms with Crippen molar-refractivity contribution in [1.29, 1.82) is 0 Å². The maximum atomic E-state index is 12.8. The molecule has 21 heavy (non-hydrogen) atoms. The molecule has 2 aliphatic heterocycles. The average Bonchev–Trinajstić information content (AvgIpc) is 2.46. The molecule has 0 spiro atoms. The molecule has 0 saturated carbocycles. The summed E-state index contributed by atoms with van der Waals surface area (Å²) in [5, 5.41) is 0. The van der Waals surface area contributed by atoms with Crippen LogP contribution in [0.4, 0.5) is 0 Å². The van der Waals surface area contributed by atoms with E-state index in [0.29, 0.717) is 11.8 Å². The number of piperidine rings is 2. The molecule has 2 heterocycles. The fourth-order valence-corrected chi connectivity index (χ4v) is 3.47. The monoisotopic (exact) mass is 294 g/mol. The van der Waals surface area contributed by atoms with Crippen LogP contribution in [0, 0.1) is 17.3 Å². The molecule has 2 aliphatic rings. The van der Waals surface area contributed by atoms with Gasteiger partial charge in [-0.3, -0.25) is 9.59 Å². The summed E-state index contributed by atoms with van der Waals surface area (Å²) < 4.78 is 0. The molecule has 4 nitrogen and oxygen atoms in total. The molecule has 1 unspecified atom stereocenters. The number of hydrogen-bond acceptors (Lipinski definition) is 2. The highest BCUT2D eigenvalue weighted by Crippen LogP contribution is 2.28. The van der Waals surface area contributed by atoms with Gasteiger partial charge in [-0.15, -0.1) is 0 Å². The van der Waals surface area contributed by atoms with Crippen LogP contribution in [0.5, 0.6) is 0 Å². The third-order valence-electron chi connectivity index (χ3n) is 5.08. The van der Waals surface area contributed by atoms with E-state index >= 15 is 0 Å². The van der Waals surface area contributed by atoms with Crippen LogP contribution >= 0.6 is 0 Å². The van der Waals surface area contributed by atoms with Gasteiger partial charge in [-0.2, -0.15) is 0 Å². The lowest BCUT2D eigenvalue weighted by molar-refractivity contribution is -0.155. The third-order valence-corrected chi connectivity index (χ3v) is 5.08. The van der Waals surface area contributed by atoms with Crippen LogP contribution in [-0.2, 0) is 9.59 Å². The van der Waals surface area contributed by atoms with Gasteiger partial charge in [0.2, 0.25) is 11.8 Å². The van der Waals surface area contributed by atoms with Crippen molar-refractivity contribution in [3.05, 3.63) is 0 Å². The second-order valence-electron chi connectivity index (χ2n) is 7.60. The summed E-state index contributed by atoms with van der Waals surface area (Å²) in [7, 11) is 0. The number of carbonyl (C=O) groups is 2. The Hall–Kier alpha value is -1.06.